The Morgan fingerprint density at radius 2 is 1.82 bits per heavy atom. The van der Waals surface area contributed by atoms with Gasteiger partial charge in [0.1, 0.15) is 12.3 Å². The van der Waals surface area contributed by atoms with Crippen LogP contribution in [0.2, 0.25) is 0 Å². The Labute approximate surface area is 194 Å². The molecule has 9 nitrogen and oxygen atoms in total. The van der Waals surface area contributed by atoms with Gasteiger partial charge in [-0.1, -0.05) is 30.3 Å². The van der Waals surface area contributed by atoms with E-state index in [-0.39, 0.29) is 30.6 Å². The number of amides is 2. The van der Waals surface area contributed by atoms with E-state index in [1.807, 2.05) is 28.8 Å². The molecule has 9 heteroatoms. The standard InChI is InChI=1S/C25H20N4O5/c30-21-8-4-2-6-19(21)25(32)28-26-12-16-13-29(20-7-3-1-5-18(16)20)14-24(31)27-17-9-10-22-23(11-17)34-15-33-22/h1-13,30H,14-15H2,(H,27,31)(H,28,32)/b26-12+. The molecule has 0 saturated heterocycles. The molecule has 2 amide bonds. The number of hydrogen-bond acceptors (Lipinski definition) is 6. The molecule has 0 bridgehead atoms. The second-order valence-electron chi connectivity index (χ2n) is 7.56. The maximum absolute atomic E-state index is 12.7. The highest BCUT2D eigenvalue weighted by Crippen LogP contribution is 2.34. The Hall–Kier alpha value is -4.79. The minimum absolute atomic E-state index is 0.0764. The van der Waals surface area contributed by atoms with Crippen molar-refractivity contribution >= 4 is 34.6 Å². The van der Waals surface area contributed by atoms with Crippen LogP contribution in [0.3, 0.4) is 0 Å². The van der Waals surface area contributed by atoms with Crippen LogP contribution in [0.25, 0.3) is 10.9 Å². The van der Waals surface area contributed by atoms with Crippen LogP contribution in [0.4, 0.5) is 5.69 Å². The highest BCUT2D eigenvalue weighted by molar-refractivity contribution is 6.02. The number of carbonyl (C=O) groups is 2. The van der Waals surface area contributed by atoms with Crippen LogP contribution in [0.1, 0.15) is 15.9 Å². The fraction of sp³-hybridized carbons (Fsp3) is 0.0800. The number of para-hydroxylation sites is 2. The lowest BCUT2D eigenvalue weighted by Gasteiger charge is -2.08. The van der Waals surface area contributed by atoms with Crippen LogP contribution >= 0.6 is 0 Å². The van der Waals surface area contributed by atoms with Gasteiger partial charge in [0.2, 0.25) is 12.7 Å². The number of anilines is 1. The number of aromatic hydroxyl groups is 1. The molecule has 0 unspecified atom stereocenters. The first-order valence-electron chi connectivity index (χ1n) is 10.5. The Kier molecular flexibility index (Phi) is 5.57. The van der Waals surface area contributed by atoms with E-state index in [4.69, 9.17) is 9.47 Å². The summed E-state index contributed by atoms with van der Waals surface area (Å²) in [5.74, 6) is 0.374. The molecule has 4 aromatic rings. The van der Waals surface area contributed by atoms with Gasteiger partial charge >= 0.3 is 0 Å². The van der Waals surface area contributed by atoms with Crippen LogP contribution in [0.5, 0.6) is 17.2 Å². The molecule has 0 atom stereocenters. The van der Waals surface area contributed by atoms with E-state index < -0.39 is 5.91 Å². The molecule has 2 heterocycles. The van der Waals surface area contributed by atoms with Gasteiger partial charge in [-0.05, 0) is 30.3 Å². The van der Waals surface area contributed by atoms with Gasteiger partial charge in [0.05, 0.1) is 11.8 Å². The Morgan fingerprint density at radius 1 is 1.03 bits per heavy atom. The van der Waals surface area contributed by atoms with Gasteiger partial charge in [-0.3, -0.25) is 9.59 Å². The molecule has 0 saturated carbocycles. The van der Waals surface area contributed by atoms with Gasteiger partial charge in [0.25, 0.3) is 5.91 Å². The van der Waals surface area contributed by atoms with Crippen molar-refractivity contribution in [3.8, 4) is 17.2 Å². The maximum atomic E-state index is 12.7. The molecule has 5 rings (SSSR count). The van der Waals surface area contributed by atoms with Gasteiger partial charge in [-0.2, -0.15) is 5.10 Å². The molecule has 1 aliphatic rings. The second kappa shape index (κ2) is 8.99. The van der Waals surface area contributed by atoms with Crippen molar-refractivity contribution in [3.05, 3.63) is 84.1 Å². The van der Waals surface area contributed by atoms with Crippen molar-refractivity contribution in [2.45, 2.75) is 6.54 Å². The quantitative estimate of drug-likeness (QED) is 0.304. The summed E-state index contributed by atoms with van der Waals surface area (Å²) in [6.45, 7) is 0.242. The zero-order valence-corrected chi connectivity index (χ0v) is 17.9. The highest BCUT2D eigenvalue weighted by atomic mass is 16.7. The highest BCUT2D eigenvalue weighted by Gasteiger charge is 2.15. The summed E-state index contributed by atoms with van der Waals surface area (Å²) in [5.41, 5.74) is 4.72. The van der Waals surface area contributed by atoms with Gasteiger partial charge < -0.3 is 24.5 Å². The van der Waals surface area contributed by atoms with E-state index in [0.29, 0.717) is 17.2 Å². The molecular weight excluding hydrogens is 436 g/mol. The van der Waals surface area contributed by atoms with E-state index in [1.165, 1.54) is 18.3 Å². The number of phenolic OH excluding ortho intramolecular Hbond substituents is 1. The normalized spacial score (nSPS) is 12.2. The van der Waals surface area contributed by atoms with E-state index in [9.17, 15) is 14.7 Å². The first-order valence-corrected chi connectivity index (χ1v) is 10.5. The topological polar surface area (TPSA) is 114 Å². The number of nitrogens with zero attached hydrogens (tertiary/aromatic N) is 2. The van der Waals surface area contributed by atoms with Crippen molar-refractivity contribution in [1.29, 1.82) is 0 Å². The number of hydrazone groups is 1. The number of benzene rings is 3. The summed E-state index contributed by atoms with van der Waals surface area (Å²) in [7, 11) is 0. The number of aromatic nitrogens is 1. The molecule has 1 aromatic heterocycles. The smallest absolute Gasteiger partial charge is 0.275 e. The minimum Gasteiger partial charge on any atom is -0.507 e. The molecule has 0 fully saturated rings. The Morgan fingerprint density at radius 3 is 2.71 bits per heavy atom. The molecule has 3 aromatic carbocycles. The Bertz CT molecular complexity index is 1430. The predicted molar refractivity (Wildman–Crippen MR) is 126 cm³/mol. The van der Waals surface area contributed by atoms with Crippen LogP contribution in [-0.4, -0.2) is 34.5 Å². The van der Waals surface area contributed by atoms with Crippen LogP contribution in [0, 0.1) is 0 Å². The third kappa shape index (κ3) is 4.26. The summed E-state index contributed by atoms with van der Waals surface area (Å²) < 4.78 is 12.5. The zero-order valence-electron chi connectivity index (χ0n) is 17.9. The van der Waals surface area contributed by atoms with E-state index >= 15 is 0 Å². The first kappa shape index (κ1) is 21.1. The number of phenols is 1. The summed E-state index contributed by atoms with van der Waals surface area (Å²) in [5, 5.41) is 17.6. The average Bonchev–Trinajstić information content (AvgIpc) is 3.44. The monoisotopic (exact) mass is 456 g/mol. The van der Waals surface area contributed by atoms with E-state index in [0.717, 1.165) is 16.5 Å². The average molecular weight is 456 g/mol. The zero-order chi connectivity index (χ0) is 23.5. The summed E-state index contributed by atoms with van der Waals surface area (Å²) in [6.07, 6.45) is 3.30. The van der Waals surface area contributed by atoms with Crippen molar-refractivity contribution in [2.75, 3.05) is 12.1 Å². The third-order valence-corrected chi connectivity index (χ3v) is 5.31. The predicted octanol–water partition coefficient (Wildman–Crippen LogP) is 3.48. The number of nitrogens with one attached hydrogen (secondary N) is 2. The van der Waals surface area contributed by atoms with Crippen molar-refractivity contribution in [2.24, 2.45) is 5.10 Å². The Balaban J connectivity index is 1.31. The SMILES string of the molecule is O=C(Cn1cc(/C=N/NC(=O)c2ccccc2O)c2ccccc21)Nc1ccc2c(c1)OCO2. The number of rotatable bonds is 6. The van der Waals surface area contributed by atoms with E-state index in [1.54, 1.807) is 36.5 Å². The first-order chi connectivity index (χ1) is 16.6. The lowest BCUT2D eigenvalue weighted by molar-refractivity contribution is -0.116. The molecule has 34 heavy (non-hydrogen) atoms. The minimum atomic E-state index is -0.527. The molecule has 0 spiro atoms. The lowest BCUT2D eigenvalue weighted by atomic mass is 10.2. The molecule has 0 aliphatic carbocycles. The summed E-state index contributed by atoms with van der Waals surface area (Å²) >= 11 is 0. The molecule has 0 radical (unpaired) electrons. The van der Waals surface area contributed by atoms with Crippen LogP contribution < -0.4 is 20.2 Å². The van der Waals surface area contributed by atoms with Gasteiger partial charge in [-0.15, -0.1) is 0 Å². The lowest BCUT2D eigenvalue weighted by Crippen LogP contribution is -2.18. The molecular formula is C25H20N4O5. The van der Waals surface area contributed by atoms with Crippen molar-refractivity contribution < 1.29 is 24.2 Å². The number of ether oxygens (including phenoxy) is 2. The molecule has 170 valence electrons. The fourth-order valence-electron chi connectivity index (χ4n) is 3.72. The van der Waals surface area contributed by atoms with Gasteiger partial charge in [0.15, 0.2) is 11.5 Å². The second-order valence-corrected chi connectivity index (χ2v) is 7.56. The molecule has 1 aliphatic heterocycles. The fourth-order valence-corrected chi connectivity index (χ4v) is 3.72. The van der Waals surface area contributed by atoms with Crippen molar-refractivity contribution in [1.82, 2.24) is 9.99 Å². The third-order valence-electron chi connectivity index (χ3n) is 5.31. The van der Waals surface area contributed by atoms with Crippen molar-refractivity contribution in [3.63, 3.8) is 0 Å². The number of fused-ring (bicyclic) bond motifs is 2. The maximum Gasteiger partial charge on any atom is 0.275 e. The van der Waals surface area contributed by atoms with Gasteiger partial charge in [0, 0.05) is 34.4 Å². The number of hydrogen-bond donors (Lipinski definition) is 3. The summed E-state index contributed by atoms with van der Waals surface area (Å²) in [4.78, 5) is 25.0. The molecule has 3 N–H and O–H groups in total. The largest absolute Gasteiger partial charge is 0.507 e. The number of carbonyl (C=O) groups excluding carboxylic acids is 2. The van der Waals surface area contributed by atoms with Gasteiger partial charge in [-0.25, -0.2) is 5.43 Å². The summed E-state index contributed by atoms with van der Waals surface area (Å²) in [6, 6.07) is 19.0. The van der Waals surface area contributed by atoms with Crippen LogP contribution in [-0.2, 0) is 11.3 Å². The van der Waals surface area contributed by atoms with E-state index in [2.05, 4.69) is 15.8 Å². The van der Waals surface area contributed by atoms with Crippen LogP contribution in [0.15, 0.2) is 78.0 Å².